The van der Waals surface area contributed by atoms with Crippen molar-refractivity contribution < 1.29 is 4.74 Å². The number of benzene rings is 1. The van der Waals surface area contributed by atoms with Crippen LogP contribution in [0.2, 0.25) is 0 Å². The molecule has 2 aromatic rings. The molecular weight excluding hydrogens is 256 g/mol. The van der Waals surface area contributed by atoms with Crippen LogP contribution in [0.3, 0.4) is 0 Å². The molecular formula is C14H12N4O2. The minimum absolute atomic E-state index is 0.191. The summed E-state index contributed by atoms with van der Waals surface area (Å²) in [7, 11) is 1.81. The van der Waals surface area contributed by atoms with Crippen LogP contribution in [0.1, 0.15) is 11.3 Å². The van der Waals surface area contributed by atoms with E-state index in [0.29, 0.717) is 12.4 Å². The van der Waals surface area contributed by atoms with Crippen LogP contribution in [-0.4, -0.2) is 23.6 Å². The van der Waals surface area contributed by atoms with Crippen molar-refractivity contribution in [1.29, 1.82) is 5.26 Å². The maximum Gasteiger partial charge on any atom is 0.347 e. The van der Waals surface area contributed by atoms with Gasteiger partial charge in [0.05, 0.1) is 6.61 Å². The molecule has 0 spiro atoms. The summed E-state index contributed by atoms with van der Waals surface area (Å²) in [6, 6.07) is 9.28. The van der Waals surface area contributed by atoms with Gasteiger partial charge in [0.25, 0.3) is 0 Å². The number of nitriles is 1. The molecule has 1 N–H and O–H groups in total. The molecule has 0 bridgehead atoms. The second kappa shape index (κ2) is 4.70. The predicted octanol–water partition coefficient (Wildman–Crippen LogP) is 1.34. The Kier molecular flexibility index (Phi) is 2.88. The summed E-state index contributed by atoms with van der Waals surface area (Å²) in [6.07, 6.45) is 0.878. The van der Waals surface area contributed by atoms with Crippen LogP contribution in [0, 0.1) is 11.3 Å². The van der Waals surface area contributed by atoms with Gasteiger partial charge in [-0.15, -0.1) is 0 Å². The lowest BCUT2D eigenvalue weighted by Gasteiger charge is -2.18. The van der Waals surface area contributed by atoms with Crippen LogP contribution in [0.5, 0.6) is 5.75 Å². The number of ether oxygens (including phenoxy) is 1. The van der Waals surface area contributed by atoms with Gasteiger partial charge in [-0.1, -0.05) is 0 Å². The van der Waals surface area contributed by atoms with Crippen molar-refractivity contribution in [2.45, 2.75) is 6.42 Å². The third-order valence-electron chi connectivity index (χ3n) is 3.26. The minimum atomic E-state index is -0.532. The normalized spacial score (nSPS) is 12.4. The summed E-state index contributed by atoms with van der Waals surface area (Å²) in [5.41, 5.74) is 1.70. The second-order valence-electron chi connectivity index (χ2n) is 4.52. The van der Waals surface area contributed by atoms with Gasteiger partial charge < -0.3 is 9.64 Å². The number of rotatable bonds is 2. The Morgan fingerprint density at radius 3 is 3.10 bits per heavy atom. The average molecular weight is 268 g/mol. The molecule has 0 atom stereocenters. The van der Waals surface area contributed by atoms with Gasteiger partial charge in [0.1, 0.15) is 23.3 Å². The van der Waals surface area contributed by atoms with Crippen molar-refractivity contribution in [3.8, 4) is 11.8 Å². The number of hydrogen-bond acceptors (Lipinski definition) is 5. The Bertz CT molecular complexity index is 760. The van der Waals surface area contributed by atoms with E-state index >= 15 is 0 Å². The maximum atomic E-state index is 11.4. The highest BCUT2D eigenvalue weighted by molar-refractivity contribution is 5.62. The topological polar surface area (TPSA) is 82.0 Å². The number of fused-ring (bicyclic) bond motifs is 1. The van der Waals surface area contributed by atoms with Crippen LogP contribution in [-0.2, 0) is 6.42 Å². The Morgan fingerprint density at radius 1 is 1.45 bits per heavy atom. The van der Waals surface area contributed by atoms with E-state index in [1.807, 2.05) is 24.3 Å². The lowest BCUT2D eigenvalue weighted by atomic mass is 10.1. The van der Waals surface area contributed by atoms with Crippen molar-refractivity contribution in [2.24, 2.45) is 0 Å². The van der Waals surface area contributed by atoms with Gasteiger partial charge in [-0.05, 0) is 23.8 Å². The van der Waals surface area contributed by atoms with Crippen LogP contribution in [0.25, 0.3) is 0 Å². The van der Waals surface area contributed by atoms with E-state index in [2.05, 4.69) is 9.97 Å². The molecule has 3 rings (SSSR count). The van der Waals surface area contributed by atoms with Crippen molar-refractivity contribution in [2.75, 3.05) is 18.6 Å². The summed E-state index contributed by atoms with van der Waals surface area (Å²) in [6.45, 7) is 0.699. The number of hydrogen-bond donors (Lipinski definition) is 1. The van der Waals surface area contributed by atoms with Crippen molar-refractivity contribution >= 4 is 11.5 Å². The van der Waals surface area contributed by atoms with E-state index in [9.17, 15) is 4.79 Å². The van der Waals surface area contributed by atoms with E-state index in [4.69, 9.17) is 10.00 Å². The molecule has 2 heterocycles. The number of H-pyrrole nitrogens is 1. The van der Waals surface area contributed by atoms with Gasteiger partial charge in [-0.3, -0.25) is 4.98 Å². The van der Waals surface area contributed by atoms with E-state index in [-0.39, 0.29) is 5.69 Å². The average Bonchev–Trinajstić information content (AvgIpc) is 2.93. The quantitative estimate of drug-likeness (QED) is 0.888. The molecule has 0 radical (unpaired) electrons. The SMILES string of the molecule is CN(c1ccc2c(c1)CCO2)c1cc(C#N)[nH]c(=O)n1. The number of aromatic nitrogens is 2. The summed E-state index contributed by atoms with van der Waals surface area (Å²) >= 11 is 0. The van der Waals surface area contributed by atoms with Gasteiger partial charge in [-0.2, -0.15) is 10.2 Å². The third-order valence-corrected chi connectivity index (χ3v) is 3.26. The van der Waals surface area contributed by atoms with Gasteiger partial charge in [0.2, 0.25) is 0 Å². The molecule has 0 amide bonds. The van der Waals surface area contributed by atoms with E-state index in [1.165, 1.54) is 0 Å². The summed E-state index contributed by atoms with van der Waals surface area (Å²) in [4.78, 5) is 19.5. The molecule has 20 heavy (non-hydrogen) atoms. The monoisotopic (exact) mass is 268 g/mol. The lowest BCUT2D eigenvalue weighted by Crippen LogP contribution is -2.19. The first-order valence-corrected chi connectivity index (χ1v) is 6.18. The van der Waals surface area contributed by atoms with E-state index < -0.39 is 5.69 Å². The van der Waals surface area contributed by atoms with Gasteiger partial charge in [0.15, 0.2) is 0 Å². The Labute approximate surface area is 115 Å². The maximum absolute atomic E-state index is 11.4. The summed E-state index contributed by atoms with van der Waals surface area (Å²) in [5.74, 6) is 1.34. The van der Waals surface area contributed by atoms with Gasteiger partial charge >= 0.3 is 5.69 Å². The zero-order valence-electron chi connectivity index (χ0n) is 10.9. The standard InChI is InChI=1S/C14H12N4O2/c1-18(13-7-10(8-15)16-14(19)17-13)11-2-3-12-9(6-11)4-5-20-12/h2-3,6-7H,4-5H2,1H3,(H,16,17,19). The fourth-order valence-electron chi connectivity index (χ4n) is 2.19. The lowest BCUT2D eigenvalue weighted by molar-refractivity contribution is 0.357. The van der Waals surface area contributed by atoms with E-state index in [0.717, 1.165) is 23.4 Å². The highest BCUT2D eigenvalue weighted by Gasteiger charge is 2.15. The number of anilines is 2. The van der Waals surface area contributed by atoms with E-state index in [1.54, 1.807) is 18.0 Å². The number of aromatic amines is 1. The first-order valence-electron chi connectivity index (χ1n) is 6.18. The molecule has 1 aromatic carbocycles. The first kappa shape index (κ1) is 12.2. The molecule has 0 unspecified atom stereocenters. The second-order valence-corrected chi connectivity index (χ2v) is 4.52. The van der Waals surface area contributed by atoms with Crippen molar-refractivity contribution in [1.82, 2.24) is 9.97 Å². The highest BCUT2D eigenvalue weighted by atomic mass is 16.5. The van der Waals surface area contributed by atoms with Crippen LogP contribution >= 0.6 is 0 Å². The molecule has 0 fully saturated rings. The zero-order valence-corrected chi connectivity index (χ0v) is 10.9. The molecule has 6 nitrogen and oxygen atoms in total. The molecule has 0 saturated heterocycles. The highest BCUT2D eigenvalue weighted by Crippen LogP contribution is 2.31. The number of nitrogens with zero attached hydrogens (tertiary/aromatic N) is 3. The van der Waals surface area contributed by atoms with Crippen molar-refractivity contribution in [3.63, 3.8) is 0 Å². The van der Waals surface area contributed by atoms with Crippen LogP contribution in [0.4, 0.5) is 11.5 Å². The molecule has 0 saturated carbocycles. The fraction of sp³-hybridized carbons (Fsp3) is 0.214. The molecule has 6 heteroatoms. The molecule has 1 aliphatic heterocycles. The first-order chi connectivity index (χ1) is 9.67. The van der Waals surface area contributed by atoms with Crippen molar-refractivity contribution in [3.05, 3.63) is 46.0 Å². The smallest absolute Gasteiger partial charge is 0.347 e. The largest absolute Gasteiger partial charge is 0.493 e. The molecule has 1 aliphatic rings. The molecule has 1 aromatic heterocycles. The summed E-state index contributed by atoms with van der Waals surface area (Å²) < 4.78 is 5.46. The predicted molar refractivity (Wildman–Crippen MR) is 73.3 cm³/mol. The number of nitrogens with one attached hydrogen (secondary N) is 1. The Balaban J connectivity index is 2.00. The van der Waals surface area contributed by atoms with Gasteiger partial charge in [0, 0.05) is 25.2 Å². The Hall–Kier alpha value is -2.81. The van der Waals surface area contributed by atoms with Gasteiger partial charge in [-0.25, -0.2) is 4.79 Å². The molecule has 100 valence electrons. The van der Waals surface area contributed by atoms with Crippen LogP contribution in [0.15, 0.2) is 29.1 Å². The summed E-state index contributed by atoms with van der Waals surface area (Å²) in [5, 5.41) is 8.88. The third kappa shape index (κ3) is 2.10. The van der Waals surface area contributed by atoms with Crippen LogP contribution < -0.4 is 15.3 Å². The molecule has 0 aliphatic carbocycles. The minimum Gasteiger partial charge on any atom is -0.493 e. The Morgan fingerprint density at radius 2 is 2.30 bits per heavy atom. The zero-order chi connectivity index (χ0) is 14.1. The fourth-order valence-corrected chi connectivity index (χ4v) is 2.19.